The third kappa shape index (κ3) is 2.95. The molecule has 0 saturated carbocycles. The van der Waals surface area contributed by atoms with E-state index in [4.69, 9.17) is 0 Å². The number of nitrogens with zero attached hydrogens (tertiary/aromatic N) is 2. The van der Waals surface area contributed by atoms with Gasteiger partial charge in [-0.25, -0.2) is 4.39 Å². The number of halogens is 1. The summed E-state index contributed by atoms with van der Waals surface area (Å²) in [5.41, 5.74) is 4.54. The molecule has 1 N–H and O–H groups in total. The second-order valence-electron chi connectivity index (χ2n) is 7.29. The molecule has 4 rings (SSSR count). The fourth-order valence-corrected chi connectivity index (χ4v) is 4.38. The van der Waals surface area contributed by atoms with Gasteiger partial charge in [0.2, 0.25) is 0 Å². The summed E-state index contributed by atoms with van der Waals surface area (Å²) in [4.78, 5) is 2.11. The largest absolute Gasteiger partial charge is 0.437 e. The summed E-state index contributed by atoms with van der Waals surface area (Å²) in [6.45, 7) is 3.60. The highest BCUT2D eigenvalue weighted by Crippen LogP contribution is 2.41. The number of hydrogen-bond acceptors (Lipinski definition) is 2. The van der Waals surface area contributed by atoms with E-state index in [0.29, 0.717) is 5.92 Å². The quantitative estimate of drug-likeness (QED) is 0.715. The summed E-state index contributed by atoms with van der Waals surface area (Å²) < 4.78 is 16.1. The van der Waals surface area contributed by atoms with E-state index >= 15 is 0 Å². The lowest BCUT2D eigenvalue weighted by Crippen LogP contribution is -2.42. The van der Waals surface area contributed by atoms with Gasteiger partial charge in [0, 0.05) is 23.5 Å². The zero-order valence-corrected chi connectivity index (χ0v) is 15.3. The Balaban J connectivity index is 1.84. The van der Waals surface area contributed by atoms with Crippen LogP contribution < -0.4 is 0 Å². The van der Waals surface area contributed by atoms with Gasteiger partial charge in [-0.2, -0.15) is 0 Å². The molecule has 1 aliphatic rings. The number of fused-ring (bicyclic) bond motifs is 1. The molecule has 0 bridgehead atoms. The van der Waals surface area contributed by atoms with Crippen LogP contribution in [-0.4, -0.2) is 34.5 Å². The molecule has 0 amide bonds. The van der Waals surface area contributed by atoms with Crippen molar-refractivity contribution in [3.63, 3.8) is 0 Å². The predicted octanol–water partition coefficient (Wildman–Crippen LogP) is 4.27. The van der Waals surface area contributed by atoms with E-state index in [-0.39, 0.29) is 5.82 Å². The molecule has 1 aromatic heterocycles. The molecule has 0 aliphatic carbocycles. The lowest BCUT2D eigenvalue weighted by atomic mass is 9.78. The molecular weight excluding hydrogens is 326 g/mol. The van der Waals surface area contributed by atoms with Gasteiger partial charge in [-0.05, 0) is 62.4 Å². The predicted molar refractivity (Wildman–Crippen MR) is 106 cm³/mol. The molecule has 3 nitrogen and oxygen atoms in total. The average Bonchev–Trinajstić information content (AvgIpc) is 2.95. The van der Waals surface area contributed by atoms with Crippen molar-refractivity contribution in [3.8, 4) is 11.3 Å². The highest BCUT2D eigenvalue weighted by Gasteiger charge is 2.29. The zero-order chi connectivity index (χ0) is 18.3. The van der Waals surface area contributed by atoms with Crippen molar-refractivity contribution in [2.24, 2.45) is 7.05 Å². The standard InChI is InChI=1S/C21H24BFN2O/c1-22(26)25-12-10-15(11-13-25)20-18-8-3-4-9-19(18)24(2)21(20)16-6-5-7-17(23)14-16/h3-9,14-15,26H,10-13H2,1-2H3. The minimum absolute atomic E-state index is 0.206. The Kier molecular flexibility index (Phi) is 4.59. The van der Waals surface area contributed by atoms with E-state index in [1.54, 1.807) is 12.1 Å². The van der Waals surface area contributed by atoms with Gasteiger partial charge in [-0.1, -0.05) is 30.3 Å². The maximum atomic E-state index is 13.9. The molecule has 134 valence electrons. The molecule has 26 heavy (non-hydrogen) atoms. The van der Waals surface area contributed by atoms with Gasteiger partial charge in [0.25, 0.3) is 0 Å². The van der Waals surface area contributed by atoms with Gasteiger partial charge in [0.15, 0.2) is 0 Å². The van der Waals surface area contributed by atoms with Crippen molar-refractivity contribution in [1.82, 2.24) is 9.38 Å². The molecular formula is C21H24BFN2O. The SMILES string of the molecule is CB(O)N1CCC(c2c(-c3cccc(F)c3)n(C)c3ccccc23)CC1. The van der Waals surface area contributed by atoms with Crippen LogP contribution in [0.15, 0.2) is 48.5 Å². The molecule has 1 aliphatic heterocycles. The number of para-hydroxylation sites is 1. The molecule has 0 spiro atoms. The van der Waals surface area contributed by atoms with E-state index in [9.17, 15) is 9.41 Å². The summed E-state index contributed by atoms with van der Waals surface area (Å²) in [6, 6.07) is 15.3. The molecule has 2 aromatic carbocycles. The van der Waals surface area contributed by atoms with Crippen LogP contribution in [0.1, 0.15) is 24.3 Å². The normalized spacial score (nSPS) is 16.3. The van der Waals surface area contributed by atoms with E-state index in [1.165, 1.54) is 22.5 Å². The maximum Gasteiger partial charge on any atom is 0.376 e. The lowest BCUT2D eigenvalue weighted by molar-refractivity contribution is 0.290. The van der Waals surface area contributed by atoms with Crippen LogP contribution in [0.25, 0.3) is 22.2 Å². The Bertz CT molecular complexity index is 929. The number of aryl methyl sites for hydroxylation is 1. The van der Waals surface area contributed by atoms with Crippen molar-refractivity contribution in [2.45, 2.75) is 25.6 Å². The van der Waals surface area contributed by atoms with Crippen molar-refractivity contribution in [1.29, 1.82) is 0 Å². The summed E-state index contributed by atoms with van der Waals surface area (Å²) in [6.07, 6.45) is 2.00. The molecule has 3 aromatic rings. The van der Waals surface area contributed by atoms with E-state index in [0.717, 1.165) is 37.2 Å². The van der Waals surface area contributed by atoms with Crippen LogP contribution in [-0.2, 0) is 7.05 Å². The molecule has 2 heterocycles. The number of aromatic nitrogens is 1. The Morgan fingerprint density at radius 1 is 1.08 bits per heavy atom. The minimum atomic E-state index is -0.397. The van der Waals surface area contributed by atoms with Crippen LogP contribution in [0.2, 0.25) is 6.82 Å². The first-order valence-corrected chi connectivity index (χ1v) is 9.31. The van der Waals surface area contributed by atoms with E-state index in [1.807, 2.05) is 12.9 Å². The van der Waals surface area contributed by atoms with Gasteiger partial charge in [-0.3, -0.25) is 0 Å². The number of piperidine rings is 1. The fourth-order valence-electron chi connectivity index (χ4n) is 4.38. The Morgan fingerprint density at radius 2 is 1.81 bits per heavy atom. The topological polar surface area (TPSA) is 28.4 Å². The highest BCUT2D eigenvalue weighted by molar-refractivity contribution is 6.45. The molecule has 1 saturated heterocycles. The molecule has 0 atom stereocenters. The summed E-state index contributed by atoms with van der Waals surface area (Å²) in [5.74, 6) is 0.206. The maximum absolute atomic E-state index is 13.9. The third-order valence-electron chi connectivity index (χ3n) is 5.71. The van der Waals surface area contributed by atoms with Crippen molar-refractivity contribution < 1.29 is 9.41 Å². The van der Waals surface area contributed by atoms with Crippen LogP contribution in [0.5, 0.6) is 0 Å². The molecule has 0 unspecified atom stereocenters. The number of benzene rings is 2. The molecule has 1 fully saturated rings. The van der Waals surface area contributed by atoms with E-state index in [2.05, 4.69) is 40.7 Å². The zero-order valence-electron chi connectivity index (χ0n) is 15.3. The number of hydrogen-bond donors (Lipinski definition) is 1. The van der Waals surface area contributed by atoms with Crippen LogP contribution in [0, 0.1) is 5.82 Å². The van der Waals surface area contributed by atoms with Crippen molar-refractivity contribution in [3.05, 3.63) is 59.9 Å². The Hall–Kier alpha value is -2.11. The van der Waals surface area contributed by atoms with Gasteiger partial charge in [0.1, 0.15) is 5.82 Å². The fraction of sp³-hybridized carbons (Fsp3) is 0.333. The van der Waals surface area contributed by atoms with Gasteiger partial charge in [0.05, 0.1) is 5.69 Å². The smallest absolute Gasteiger partial charge is 0.376 e. The first-order chi connectivity index (χ1) is 12.6. The Labute approximate surface area is 154 Å². The first kappa shape index (κ1) is 17.3. The summed E-state index contributed by atoms with van der Waals surface area (Å²) in [5, 5.41) is 11.1. The highest BCUT2D eigenvalue weighted by atomic mass is 19.1. The number of rotatable bonds is 3. The minimum Gasteiger partial charge on any atom is -0.437 e. The summed E-state index contributed by atoms with van der Waals surface area (Å²) >= 11 is 0. The second-order valence-corrected chi connectivity index (χ2v) is 7.29. The van der Waals surface area contributed by atoms with Crippen molar-refractivity contribution in [2.75, 3.05) is 13.1 Å². The average molecular weight is 350 g/mol. The van der Waals surface area contributed by atoms with Crippen molar-refractivity contribution >= 4 is 18.0 Å². The lowest BCUT2D eigenvalue weighted by Gasteiger charge is -2.33. The molecule has 5 heteroatoms. The third-order valence-corrected chi connectivity index (χ3v) is 5.71. The second kappa shape index (κ2) is 6.90. The van der Waals surface area contributed by atoms with Gasteiger partial charge < -0.3 is 14.4 Å². The van der Waals surface area contributed by atoms with Crippen LogP contribution in [0.4, 0.5) is 4.39 Å². The van der Waals surface area contributed by atoms with E-state index < -0.39 is 7.05 Å². The molecule has 0 radical (unpaired) electrons. The van der Waals surface area contributed by atoms with Crippen LogP contribution >= 0.6 is 0 Å². The first-order valence-electron chi connectivity index (χ1n) is 9.31. The monoisotopic (exact) mass is 350 g/mol. The Morgan fingerprint density at radius 3 is 2.50 bits per heavy atom. The van der Waals surface area contributed by atoms with Gasteiger partial charge >= 0.3 is 7.05 Å². The van der Waals surface area contributed by atoms with Crippen LogP contribution in [0.3, 0.4) is 0 Å². The van der Waals surface area contributed by atoms with Gasteiger partial charge in [-0.15, -0.1) is 0 Å². The summed E-state index contributed by atoms with van der Waals surface area (Å²) in [7, 11) is 1.67.